The number of hydrogen-bond donors (Lipinski definition) is 4. The number of rotatable bonds is 6. The molecule has 0 aliphatic rings. The van der Waals surface area contributed by atoms with Gasteiger partial charge in [0.1, 0.15) is 12.4 Å². The summed E-state index contributed by atoms with van der Waals surface area (Å²) < 4.78 is 5.30. The predicted molar refractivity (Wildman–Crippen MR) is 73.5 cm³/mol. The lowest BCUT2D eigenvalue weighted by atomic mass is 10.3. The van der Waals surface area contributed by atoms with E-state index >= 15 is 0 Å². The summed E-state index contributed by atoms with van der Waals surface area (Å²) in [7, 11) is 0. The number of carbonyl (C=O) groups is 2. The van der Waals surface area contributed by atoms with E-state index in [-0.39, 0.29) is 0 Å². The minimum atomic E-state index is -1.26. The monoisotopic (exact) mass is 302 g/mol. The third-order valence-electron chi connectivity index (χ3n) is 1.68. The zero-order valence-corrected chi connectivity index (χ0v) is 11.2. The number of carboxylic acid groups (broad SMARTS) is 2. The maximum atomic E-state index is 9.55. The number of nitrogens with two attached hydrogens (primary N) is 1. The number of nitrogens with one attached hydrogen (secondary N) is 1. The van der Waals surface area contributed by atoms with E-state index in [4.69, 9.17) is 32.4 Å². The third-order valence-corrected chi connectivity index (χ3v) is 1.91. The van der Waals surface area contributed by atoms with Crippen LogP contribution in [0.15, 0.2) is 36.4 Å². The van der Waals surface area contributed by atoms with Gasteiger partial charge in [0.2, 0.25) is 0 Å². The van der Waals surface area contributed by atoms with Crippen LogP contribution in [-0.2, 0) is 9.59 Å². The summed E-state index contributed by atoms with van der Waals surface area (Å²) in [5, 5.41) is 16.3. The highest BCUT2D eigenvalue weighted by molar-refractivity contribution is 6.30. The molecule has 0 aliphatic heterocycles. The highest BCUT2D eigenvalue weighted by atomic mass is 35.5. The molecule has 1 aromatic rings. The smallest absolute Gasteiger partial charge is 0.328 e. The molecule has 0 radical (unpaired) electrons. The molecule has 5 N–H and O–H groups in total. The van der Waals surface area contributed by atoms with Crippen molar-refractivity contribution < 1.29 is 24.5 Å². The molecular formula is C12H15ClN2O5. The summed E-state index contributed by atoms with van der Waals surface area (Å²) in [6.45, 7) is 1.16. The van der Waals surface area contributed by atoms with E-state index in [9.17, 15) is 9.59 Å². The number of aliphatic carboxylic acids is 2. The molecule has 0 saturated heterocycles. The van der Waals surface area contributed by atoms with Crippen LogP contribution in [0, 0.1) is 0 Å². The average Bonchev–Trinajstić information content (AvgIpc) is 2.38. The zero-order valence-electron chi connectivity index (χ0n) is 10.5. The van der Waals surface area contributed by atoms with Gasteiger partial charge in [-0.15, -0.1) is 0 Å². The van der Waals surface area contributed by atoms with Crippen LogP contribution in [0.25, 0.3) is 0 Å². The number of hydrogen-bond acceptors (Lipinski definition) is 5. The molecule has 7 nitrogen and oxygen atoms in total. The van der Waals surface area contributed by atoms with Crippen LogP contribution >= 0.6 is 11.6 Å². The minimum Gasteiger partial charge on any atom is -0.492 e. The molecular weight excluding hydrogens is 288 g/mol. The molecule has 1 aromatic carbocycles. The van der Waals surface area contributed by atoms with Crippen LogP contribution < -0.4 is 16.0 Å². The molecule has 0 heterocycles. The largest absolute Gasteiger partial charge is 0.492 e. The molecule has 0 spiro atoms. The maximum absolute atomic E-state index is 9.55. The Hall–Kier alpha value is -2.09. The van der Waals surface area contributed by atoms with Gasteiger partial charge in [-0.05, 0) is 18.2 Å². The van der Waals surface area contributed by atoms with Gasteiger partial charge in [0, 0.05) is 23.7 Å². The Morgan fingerprint density at radius 3 is 2.35 bits per heavy atom. The quantitative estimate of drug-likeness (QED) is 0.266. The van der Waals surface area contributed by atoms with Crippen molar-refractivity contribution in [3.8, 4) is 5.75 Å². The van der Waals surface area contributed by atoms with E-state index in [1.807, 2.05) is 12.1 Å². The first-order valence-corrected chi connectivity index (χ1v) is 5.79. The van der Waals surface area contributed by atoms with Crippen molar-refractivity contribution in [2.45, 2.75) is 0 Å². The summed E-state index contributed by atoms with van der Waals surface area (Å²) >= 11 is 5.74. The second kappa shape index (κ2) is 10.8. The van der Waals surface area contributed by atoms with Crippen LogP contribution in [0.1, 0.15) is 0 Å². The van der Waals surface area contributed by atoms with Crippen LogP contribution in [0.4, 0.5) is 0 Å². The molecule has 0 unspecified atom stereocenters. The van der Waals surface area contributed by atoms with Crippen LogP contribution in [0.2, 0.25) is 5.02 Å². The first-order valence-electron chi connectivity index (χ1n) is 5.41. The van der Waals surface area contributed by atoms with E-state index < -0.39 is 11.9 Å². The number of ether oxygens (including phenoxy) is 1. The number of benzene rings is 1. The van der Waals surface area contributed by atoms with Crippen molar-refractivity contribution in [2.24, 2.45) is 5.84 Å². The van der Waals surface area contributed by atoms with Gasteiger partial charge >= 0.3 is 11.9 Å². The topological polar surface area (TPSA) is 122 Å². The Morgan fingerprint density at radius 1 is 1.30 bits per heavy atom. The standard InChI is InChI=1S/C8H11ClN2O.C4H4O4/c9-7-2-1-3-8(6-7)12-5-4-11-10;5-3(6)1-2-4(7)8/h1-3,6,11H,4-5,10H2;1-2H,(H,5,6)(H,7,8)/b;2-1+. The fourth-order valence-corrected chi connectivity index (χ4v) is 1.11. The molecule has 0 fully saturated rings. The van der Waals surface area contributed by atoms with Gasteiger partial charge in [-0.1, -0.05) is 17.7 Å². The van der Waals surface area contributed by atoms with E-state index in [1.165, 1.54) is 0 Å². The van der Waals surface area contributed by atoms with Crippen molar-refractivity contribution in [3.63, 3.8) is 0 Å². The Labute approximate surface area is 120 Å². The summed E-state index contributed by atoms with van der Waals surface area (Å²) in [6.07, 6.45) is 1.12. The molecule has 1 rings (SSSR count). The van der Waals surface area contributed by atoms with Crippen molar-refractivity contribution in [1.82, 2.24) is 5.43 Å². The van der Waals surface area contributed by atoms with Crippen molar-refractivity contribution in [1.29, 1.82) is 0 Å². The minimum absolute atomic E-state index is 0.539. The maximum Gasteiger partial charge on any atom is 0.328 e. The lowest BCUT2D eigenvalue weighted by Crippen LogP contribution is -2.27. The van der Waals surface area contributed by atoms with Crippen LogP contribution in [0.5, 0.6) is 5.75 Å². The highest BCUT2D eigenvalue weighted by Gasteiger charge is 1.93. The number of halogens is 1. The number of hydrazine groups is 1. The van der Waals surface area contributed by atoms with Crippen LogP contribution in [-0.4, -0.2) is 35.3 Å². The first kappa shape index (κ1) is 17.9. The predicted octanol–water partition coefficient (Wildman–Crippen LogP) is 0.894. The Kier molecular flexibility index (Phi) is 9.67. The molecule has 8 heteroatoms. The molecule has 20 heavy (non-hydrogen) atoms. The normalized spacial score (nSPS) is 9.70. The molecule has 0 aliphatic carbocycles. The Balaban J connectivity index is 0.000000396. The fourth-order valence-electron chi connectivity index (χ4n) is 0.927. The van der Waals surface area contributed by atoms with Gasteiger partial charge in [0.15, 0.2) is 0 Å². The number of carboxylic acids is 2. The lowest BCUT2D eigenvalue weighted by Gasteiger charge is -2.04. The van der Waals surface area contributed by atoms with Gasteiger partial charge in [-0.3, -0.25) is 11.3 Å². The van der Waals surface area contributed by atoms with Gasteiger partial charge in [-0.2, -0.15) is 0 Å². The van der Waals surface area contributed by atoms with E-state index in [0.717, 1.165) is 5.75 Å². The summed E-state index contributed by atoms with van der Waals surface area (Å²) in [4.78, 5) is 19.1. The SMILES string of the molecule is NNCCOc1cccc(Cl)c1.O=C(O)/C=C/C(=O)O. The van der Waals surface area contributed by atoms with Crippen molar-refractivity contribution >= 4 is 23.5 Å². The zero-order chi connectivity index (χ0) is 15.4. The second-order valence-electron chi connectivity index (χ2n) is 3.27. The highest BCUT2D eigenvalue weighted by Crippen LogP contribution is 2.16. The molecule has 110 valence electrons. The van der Waals surface area contributed by atoms with Crippen LogP contribution in [0.3, 0.4) is 0 Å². The van der Waals surface area contributed by atoms with Gasteiger partial charge < -0.3 is 14.9 Å². The fraction of sp³-hybridized carbons (Fsp3) is 0.167. The Morgan fingerprint density at radius 2 is 1.90 bits per heavy atom. The van der Waals surface area contributed by atoms with Gasteiger partial charge in [0.05, 0.1) is 0 Å². The summed E-state index contributed by atoms with van der Waals surface area (Å²) in [5.74, 6) is 3.31. The first-order chi connectivity index (χ1) is 9.45. The van der Waals surface area contributed by atoms with E-state index in [1.54, 1.807) is 12.1 Å². The third kappa shape index (κ3) is 11.0. The molecule has 0 amide bonds. The molecule has 0 atom stereocenters. The van der Waals surface area contributed by atoms with E-state index in [0.29, 0.717) is 30.3 Å². The molecule has 0 bridgehead atoms. The lowest BCUT2D eigenvalue weighted by molar-refractivity contribution is -0.134. The summed E-state index contributed by atoms with van der Waals surface area (Å²) in [6, 6.07) is 7.25. The van der Waals surface area contributed by atoms with E-state index in [2.05, 4.69) is 5.43 Å². The molecule has 0 aromatic heterocycles. The molecule has 0 saturated carbocycles. The van der Waals surface area contributed by atoms with Crippen molar-refractivity contribution in [3.05, 3.63) is 41.4 Å². The van der Waals surface area contributed by atoms with Gasteiger partial charge in [-0.25, -0.2) is 9.59 Å². The van der Waals surface area contributed by atoms with Gasteiger partial charge in [0.25, 0.3) is 0 Å². The Bertz CT molecular complexity index is 449. The van der Waals surface area contributed by atoms with Crippen molar-refractivity contribution in [2.75, 3.05) is 13.2 Å². The summed E-state index contributed by atoms with van der Waals surface area (Å²) in [5.41, 5.74) is 2.49. The second-order valence-corrected chi connectivity index (χ2v) is 3.71. The average molecular weight is 303 g/mol.